The molecule has 3 rings (SSSR count). The van der Waals surface area contributed by atoms with Crippen molar-refractivity contribution >= 4 is 23.4 Å². The summed E-state index contributed by atoms with van der Waals surface area (Å²) >= 11 is 1.44. The number of aryl methyl sites for hydroxylation is 3. The standard InChI is InChI=1S/C23H28N4OS/c1-6-12-27-21(19-9-7-8-15(2)14-19)25-26-23(27)29-18(5)22(28)24-20-11-10-16(3)13-17(20)4/h7-11,13-14,18H,6,12H2,1-5H3,(H,24,28). The van der Waals surface area contributed by atoms with Gasteiger partial charge in [-0.2, -0.15) is 0 Å². The van der Waals surface area contributed by atoms with Gasteiger partial charge in [0.25, 0.3) is 0 Å². The topological polar surface area (TPSA) is 59.8 Å². The van der Waals surface area contributed by atoms with Gasteiger partial charge in [0.2, 0.25) is 5.91 Å². The molecule has 1 heterocycles. The maximum absolute atomic E-state index is 12.8. The third kappa shape index (κ3) is 5.07. The lowest BCUT2D eigenvalue weighted by Crippen LogP contribution is -2.23. The van der Waals surface area contributed by atoms with Gasteiger partial charge in [-0.1, -0.05) is 60.1 Å². The second kappa shape index (κ2) is 9.27. The number of carbonyl (C=O) groups is 1. The predicted octanol–water partition coefficient (Wildman–Crippen LogP) is 5.40. The Labute approximate surface area is 176 Å². The molecule has 2 aromatic carbocycles. The Morgan fingerprint density at radius 1 is 1.10 bits per heavy atom. The largest absolute Gasteiger partial charge is 0.325 e. The van der Waals surface area contributed by atoms with E-state index >= 15 is 0 Å². The van der Waals surface area contributed by atoms with E-state index in [1.807, 2.05) is 45.0 Å². The second-order valence-corrected chi connectivity index (χ2v) is 8.70. The SMILES string of the molecule is CCCn1c(SC(C)C(=O)Nc2ccc(C)cc2C)nnc1-c1cccc(C)c1. The molecule has 0 saturated heterocycles. The molecule has 0 saturated carbocycles. The number of hydrogen-bond acceptors (Lipinski definition) is 4. The average Bonchev–Trinajstić information content (AvgIpc) is 3.06. The van der Waals surface area contributed by atoms with Crippen LogP contribution in [0.1, 0.15) is 37.0 Å². The molecule has 1 unspecified atom stereocenters. The van der Waals surface area contributed by atoms with E-state index in [-0.39, 0.29) is 11.2 Å². The molecule has 0 spiro atoms. The first-order valence-electron chi connectivity index (χ1n) is 9.94. The van der Waals surface area contributed by atoms with Crippen LogP contribution in [0.2, 0.25) is 0 Å². The molecule has 152 valence electrons. The fourth-order valence-corrected chi connectivity index (χ4v) is 4.07. The molecule has 29 heavy (non-hydrogen) atoms. The summed E-state index contributed by atoms with van der Waals surface area (Å²) in [6.07, 6.45) is 0.966. The smallest absolute Gasteiger partial charge is 0.237 e. The molecule has 0 aliphatic heterocycles. The normalized spacial score (nSPS) is 12.0. The summed E-state index contributed by atoms with van der Waals surface area (Å²) in [5.74, 6) is 0.810. The summed E-state index contributed by atoms with van der Waals surface area (Å²) in [5, 5.41) is 12.3. The van der Waals surface area contributed by atoms with Crippen molar-refractivity contribution in [1.29, 1.82) is 0 Å². The van der Waals surface area contributed by atoms with Gasteiger partial charge in [0, 0.05) is 17.8 Å². The molecule has 1 amide bonds. The van der Waals surface area contributed by atoms with E-state index in [2.05, 4.69) is 52.1 Å². The zero-order valence-corrected chi connectivity index (χ0v) is 18.5. The number of rotatable bonds is 7. The van der Waals surface area contributed by atoms with Crippen LogP contribution in [0.5, 0.6) is 0 Å². The van der Waals surface area contributed by atoms with E-state index < -0.39 is 0 Å². The number of nitrogens with zero attached hydrogens (tertiary/aromatic N) is 3. The van der Waals surface area contributed by atoms with Crippen LogP contribution < -0.4 is 5.32 Å². The van der Waals surface area contributed by atoms with Crippen molar-refractivity contribution < 1.29 is 4.79 Å². The van der Waals surface area contributed by atoms with Crippen molar-refractivity contribution in [1.82, 2.24) is 14.8 Å². The van der Waals surface area contributed by atoms with Gasteiger partial charge in [0.05, 0.1) is 5.25 Å². The molecule has 0 radical (unpaired) electrons. The third-order valence-electron chi connectivity index (χ3n) is 4.73. The van der Waals surface area contributed by atoms with E-state index in [1.165, 1.54) is 22.9 Å². The average molecular weight is 409 g/mol. The van der Waals surface area contributed by atoms with E-state index in [9.17, 15) is 4.79 Å². The maximum Gasteiger partial charge on any atom is 0.237 e. The first-order chi connectivity index (χ1) is 13.9. The van der Waals surface area contributed by atoms with Crippen molar-refractivity contribution in [2.45, 2.75) is 58.0 Å². The highest BCUT2D eigenvalue weighted by molar-refractivity contribution is 8.00. The first-order valence-corrected chi connectivity index (χ1v) is 10.8. The number of nitrogens with one attached hydrogen (secondary N) is 1. The molecule has 1 N–H and O–H groups in total. The molecule has 0 bridgehead atoms. The van der Waals surface area contributed by atoms with Crippen LogP contribution in [-0.2, 0) is 11.3 Å². The number of hydrogen-bond donors (Lipinski definition) is 1. The molecule has 1 atom stereocenters. The molecular weight excluding hydrogens is 380 g/mol. The van der Waals surface area contributed by atoms with Crippen LogP contribution in [0.15, 0.2) is 47.6 Å². The molecule has 5 nitrogen and oxygen atoms in total. The van der Waals surface area contributed by atoms with Crippen molar-refractivity contribution in [3.8, 4) is 11.4 Å². The first kappa shape index (κ1) is 21.1. The lowest BCUT2D eigenvalue weighted by molar-refractivity contribution is -0.115. The van der Waals surface area contributed by atoms with Gasteiger partial charge in [-0.25, -0.2) is 0 Å². The zero-order valence-electron chi connectivity index (χ0n) is 17.7. The van der Waals surface area contributed by atoms with Gasteiger partial charge in [-0.15, -0.1) is 10.2 Å². The van der Waals surface area contributed by atoms with E-state index in [0.717, 1.165) is 40.8 Å². The van der Waals surface area contributed by atoms with Gasteiger partial charge in [-0.05, 0) is 51.8 Å². The maximum atomic E-state index is 12.8. The summed E-state index contributed by atoms with van der Waals surface area (Å²) in [4.78, 5) is 12.8. The summed E-state index contributed by atoms with van der Waals surface area (Å²) < 4.78 is 2.11. The monoisotopic (exact) mass is 408 g/mol. The molecule has 0 fully saturated rings. The van der Waals surface area contributed by atoms with Gasteiger partial charge in [-0.3, -0.25) is 4.79 Å². The van der Waals surface area contributed by atoms with Crippen molar-refractivity contribution in [3.05, 3.63) is 59.2 Å². The lowest BCUT2D eigenvalue weighted by Gasteiger charge is -2.15. The Morgan fingerprint density at radius 3 is 2.55 bits per heavy atom. The van der Waals surface area contributed by atoms with Crippen LogP contribution in [0.3, 0.4) is 0 Å². The highest BCUT2D eigenvalue weighted by atomic mass is 32.2. The third-order valence-corrected chi connectivity index (χ3v) is 5.81. The summed E-state index contributed by atoms with van der Waals surface area (Å²) in [5.41, 5.74) is 5.32. The van der Waals surface area contributed by atoms with Crippen LogP contribution in [0.25, 0.3) is 11.4 Å². The molecule has 1 aromatic heterocycles. The van der Waals surface area contributed by atoms with Crippen molar-refractivity contribution in [2.24, 2.45) is 0 Å². The van der Waals surface area contributed by atoms with Crippen molar-refractivity contribution in [3.63, 3.8) is 0 Å². The molecule has 0 aliphatic carbocycles. The quantitative estimate of drug-likeness (QED) is 0.532. The fourth-order valence-electron chi connectivity index (χ4n) is 3.20. The summed E-state index contributed by atoms with van der Waals surface area (Å²) in [6.45, 7) is 11.0. The number of amides is 1. The lowest BCUT2D eigenvalue weighted by atomic mass is 10.1. The highest BCUT2D eigenvalue weighted by Crippen LogP contribution is 2.28. The van der Waals surface area contributed by atoms with Gasteiger partial charge in [0.15, 0.2) is 11.0 Å². The van der Waals surface area contributed by atoms with Gasteiger partial charge >= 0.3 is 0 Å². The van der Waals surface area contributed by atoms with Crippen LogP contribution >= 0.6 is 11.8 Å². The molecule has 6 heteroatoms. The Bertz CT molecular complexity index is 1010. The molecule has 3 aromatic rings. The number of thioether (sulfide) groups is 1. The summed E-state index contributed by atoms with van der Waals surface area (Å²) in [6, 6.07) is 14.3. The minimum absolute atomic E-state index is 0.0369. The molecular formula is C23H28N4OS. The van der Waals surface area contributed by atoms with E-state index in [1.54, 1.807) is 0 Å². The van der Waals surface area contributed by atoms with Crippen LogP contribution in [0, 0.1) is 20.8 Å². The Kier molecular flexibility index (Phi) is 6.75. The number of aromatic nitrogens is 3. The number of carbonyl (C=O) groups excluding carboxylic acids is 1. The fraction of sp³-hybridized carbons (Fsp3) is 0.348. The van der Waals surface area contributed by atoms with E-state index in [0.29, 0.717) is 0 Å². The zero-order chi connectivity index (χ0) is 21.0. The number of anilines is 1. The Morgan fingerprint density at radius 2 is 1.86 bits per heavy atom. The second-order valence-electron chi connectivity index (χ2n) is 7.40. The van der Waals surface area contributed by atoms with Crippen LogP contribution in [-0.4, -0.2) is 25.9 Å². The number of benzene rings is 2. The summed E-state index contributed by atoms with van der Waals surface area (Å²) in [7, 11) is 0. The highest BCUT2D eigenvalue weighted by Gasteiger charge is 2.21. The Balaban J connectivity index is 1.79. The van der Waals surface area contributed by atoms with Crippen molar-refractivity contribution in [2.75, 3.05) is 5.32 Å². The minimum Gasteiger partial charge on any atom is -0.325 e. The Hall–Kier alpha value is -2.60. The van der Waals surface area contributed by atoms with Crippen LogP contribution in [0.4, 0.5) is 5.69 Å². The van der Waals surface area contributed by atoms with Gasteiger partial charge in [0.1, 0.15) is 0 Å². The van der Waals surface area contributed by atoms with Gasteiger partial charge < -0.3 is 9.88 Å². The molecule has 0 aliphatic rings. The van der Waals surface area contributed by atoms with E-state index in [4.69, 9.17) is 0 Å². The minimum atomic E-state index is -0.291. The predicted molar refractivity (Wildman–Crippen MR) is 120 cm³/mol.